The lowest BCUT2D eigenvalue weighted by Gasteiger charge is -2.57. The number of carbonyl (C=O) groups excluding carboxylic acids is 1. The molecule has 5 saturated carbocycles. The molecule has 5 fully saturated rings. The summed E-state index contributed by atoms with van der Waals surface area (Å²) in [4.78, 5) is 15.8. The molecule has 0 saturated heterocycles. The molecule has 1 unspecified atom stereocenters. The summed E-state index contributed by atoms with van der Waals surface area (Å²) in [5.74, 6) is 5.51. The minimum atomic E-state index is -0.426. The van der Waals surface area contributed by atoms with Crippen molar-refractivity contribution < 1.29 is 9.90 Å². The van der Waals surface area contributed by atoms with Gasteiger partial charge in [-0.25, -0.2) is 0 Å². The summed E-state index contributed by atoms with van der Waals surface area (Å²) in [6.07, 6.45) is 17.6. The lowest BCUT2D eigenvalue weighted by Crippen LogP contribution is -2.52. The highest BCUT2D eigenvalue weighted by Crippen LogP contribution is 2.64. The lowest BCUT2D eigenvalue weighted by atomic mass is 9.49. The normalized spacial score (nSPS) is 47.9. The van der Waals surface area contributed by atoms with Crippen LogP contribution >= 0.6 is 0 Å². The molecule has 0 radical (unpaired) electrons. The van der Waals surface area contributed by atoms with Crippen LogP contribution in [-0.4, -0.2) is 35.1 Å². The third-order valence-corrected chi connectivity index (χ3v) is 11.2. The van der Waals surface area contributed by atoms with Crippen molar-refractivity contribution in [2.24, 2.45) is 46.8 Å². The first-order valence-corrected chi connectivity index (χ1v) is 13.8. The number of nitrogens with zero attached hydrogens (tertiary/aromatic N) is 1. The molecule has 5 aliphatic rings. The van der Waals surface area contributed by atoms with Gasteiger partial charge in [0, 0.05) is 19.5 Å². The van der Waals surface area contributed by atoms with Crippen LogP contribution in [0.15, 0.2) is 0 Å². The van der Waals surface area contributed by atoms with Crippen LogP contribution in [0, 0.1) is 46.8 Å². The maximum Gasteiger partial charge on any atom is 0.225 e. The van der Waals surface area contributed by atoms with Crippen LogP contribution in [0.2, 0.25) is 0 Å². The summed E-state index contributed by atoms with van der Waals surface area (Å²) in [6.45, 7) is 5.55. The number of carbonyl (C=O) groups is 1. The molecule has 0 aromatic rings. The van der Waals surface area contributed by atoms with Gasteiger partial charge >= 0.3 is 0 Å². The molecule has 1 N–H and O–H groups in total. The molecule has 0 aliphatic heterocycles. The number of hydrogen-bond acceptors (Lipinski definition) is 2. The maximum absolute atomic E-state index is 13.6. The third kappa shape index (κ3) is 4.00. The van der Waals surface area contributed by atoms with Gasteiger partial charge in [0.15, 0.2) is 0 Å². The predicted octanol–water partition coefficient (Wildman–Crippen LogP) is 6.04. The molecular formula is C28H47NO2. The van der Waals surface area contributed by atoms with Crippen LogP contribution < -0.4 is 0 Å². The van der Waals surface area contributed by atoms with Gasteiger partial charge in [-0.05, 0) is 118 Å². The number of amides is 1. The first-order valence-electron chi connectivity index (χ1n) is 13.8. The van der Waals surface area contributed by atoms with E-state index in [1.54, 1.807) is 0 Å². The van der Waals surface area contributed by atoms with E-state index in [9.17, 15) is 9.90 Å². The Labute approximate surface area is 190 Å². The summed E-state index contributed by atoms with van der Waals surface area (Å²) in [7, 11) is 2.10. The van der Waals surface area contributed by atoms with Crippen molar-refractivity contribution in [3.8, 4) is 0 Å². The van der Waals surface area contributed by atoms with Crippen molar-refractivity contribution in [3.05, 3.63) is 0 Å². The predicted molar refractivity (Wildman–Crippen MR) is 125 cm³/mol. The second-order valence-electron chi connectivity index (χ2n) is 13.1. The van der Waals surface area contributed by atoms with Crippen LogP contribution in [0.25, 0.3) is 0 Å². The van der Waals surface area contributed by atoms with E-state index in [1.807, 2.05) is 0 Å². The fourth-order valence-electron chi connectivity index (χ4n) is 9.60. The summed E-state index contributed by atoms with van der Waals surface area (Å²) >= 11 is 0. The average Bonchev–Trinajstić information content (AvgIpc) is 3.10. The Morgan fingerprint density at radius 3 is 2.39 bits per heavy atom. The van der Waals surface area contributed by atoms with E-state index in [4.69, 9.17) is 0 Å². The Hall–Kier alpha value is -0.570. The van der Waals surface area contributed by atoms with E-state index < -0.39 is 5.60 Å². The standard InChI is InChI=1S/C28H47NO2/c1-27(31)15-13-21-20(17-27)9-10-23-22(21)14-16-28(2)24(23)11-12-25(28)26(30)29(3)18-19-7-5-4-6-8-19/h19-25,31H,4-18H2,1-3H3/t20?,21-,22+,23+,24-,25+,27+,28-/m0/s1. The highest BCUT2D eigenvalue weighted by molar-refractivity contribution is 5.80. The van der Waals surface area contributed by atoms with Gasteiger partial charge in [-0.3, -0.25) is 4.79 Å². The highest BCUT2D eigenvalue weighted by Gasteiger charge is 2.59. The van der Waals surface area contributed by atoms with Crippen LogP contribution in [-0.2, 0) is 4.79 Å². The van der Waals surface area contributed by atoms with E-state index in [2.05, 4.69) is 25.8 Å². The van der Waals surface area contributed by atoms with Crippen molar-refractivity contribution >= 4 is 5.91 Å². The topological polar surface area (TPSA) is 40.5 Å². The summed E-state index contributed by atoms with van der Waals surface area (Å²) in [5, 5.41) is 10.6. The zero-order valence-corrected chi connectivity index (χ0v) is 20.5. The minimum absolute atomic E-state index is 0.228. The summed E-state index contributed by atoms with van der Waals surface area (Å²) in [5.41, 5.74) is -0.197. The monoisotopic (exact) mass is 429 g/mol. The fourth-order valence-corrected chi connectivity index (χ4v) is 9.60. The fraction of sp³-hybridized carbons (Fsp3) is 0.964. The maximum atomic E-state index is 13.6. The molecule has 0 aromatic carbocycles. The van der Waals surface area contributed by atoms with E-state index in [0.29, 0.717) is 5.91 Å². The van der Waals surface area contributed by atoms with Gasteiger partial charge in [0.2, 0.25) is 5.91 Å². The molecule has 1 amide bonds. The second-order valence-corrected chi connectivity index (χ2v) is 13.1. The first kappa shape index (κ1) is 22.2. The Bertz CT molecular complexity index is 668. The minimum Gasteiger partial charge on any atom is -0.390 e. The lowest BCUT2D eigenvalue weighted by molar-refractivity contribution is -0.143. The Kier molecular flexibility index (Phi) is 5.98. The molecule has 5 aliphatic carbocycles. The SMILES string of the molecule is CN(CC1CCCCC1)C(=O)[C@H]1CC[C@H]2[C@@H]3CCC4C[C@](C)(O)CC[C@@H]4[C@H]3CC[C@]12C. The number of rotatable bonds is 3. The van der Waals surface area contributed by atoms with Crippen molar-refractivity contribution in [2.45, 2.75) is 109 Å². The van der Waals surface area contributed by atoms with Gasteiger partial charge < -0.3 is 10.0 Å². The Morgan fingerprint density at radius 2 is 1.61 bits per heavy atom. The molecule has 5 rings (SSSR count). The van der Waals surface area contributed by atoms with Gasteiger partial charge in [-0.2, -0.15) is 0 Å². The van der Waals surface area contributed by atoms with E-state index >= 15 is 0 Å². The van der Waals surface area contributed by atoms with Crippen molar-refractivity contribution in [3.63, 3.8) is 0 Å². The summed E-state index contributed by atoms with van der Waals surface area (Å²) < 4.78 is 0. The zero-order valence-electron chi connectivity index (χ0n) is 20.5. The largest absolute Gasteiger partial charge is 0.390 e. The number of fused-ring (bicyclic) bond motifs is 5. The van der Waals surface area contributed by atoms with Crippen LogP contribution in [0.5, 0.6) is 0 Å². The van der Waals surface area contributed by atoms with Gasteiger partial charge in [-0.15, -0.1) is 0 Å². The molecule has 0 spiro atoms. The third-order valence-electron chi connectivity index (χ3n) is 11.2. The molecule has 176 valence electrons. The second kappa shape index (κ2) is 8.33. The Morgan fingerprint density at radius 1 is 0.871 bits per heavy atom. The van der Waals surface area contributed by atoms with Crippen LogP contribution in [0.3, 0.4) is 0 Å². The number of hydrogen-bond donors (Lipinski definition) is 1. The Balaban J connectivity index is 1.26. The quantitative estimate of drug-likeness (QED) is 0.594. The molecule has 3 nitrogen and oxygen atoms in total. The average molecular weight is 430 g/mol. The zero-order chi connectivity index (χ0) is 21.8. The van der Waals surface area contributed by atoms with Crippen LogP contribution in [0.1, 0.15) is 104 Å². The molecule has 0 heterocycles. The molecule has 3 heteroatoms. The van der Waals surface area contributed by atoms with E-state index in [1.165, 1.54) is 70.6 Å². The van der Waals surface area contributed by atoms with Gasteiger partial charge in [0.25, 0.3) is 0 Å². The molecule has 0 aromatic heterocycles. The molecule has 8 atom stereocenters. The van der Waals surface area contributed by atoms with E-state index in [0.717, 1.165) is 61.3 Å². The van der Waals surface area contributed by atoms with Gasteiger partial charge in [0.1, 0.15) is 0 Å². The van der Waals surface area contributed by atoms with Gasteiger partial charge in [-0.1, -0.05) is 26.2 Å². The smallest absolute Gasteiger partial charge is 0.225 e. The summed E-state index contributed by atoms with van der Waals surface area (Å²) in [6, 6.07) is 0. The molecule has 0 bridgehead atoms. The van der Waals surface area contributed by atoms with E-state index in [-0.39, 0.29) is 11.3 Å². The van der Waals surface area contributed by atoms with Crippen molar-refractivity contribution in [2.75, 3.05) is 13.6 Å². The van der Waals surface area contributed by atoms with Crippen molar-refractivity contribution in [1.29, 1.82) is 0 Å². The van der Waals surface area contributed by atoms with Crippen molar-refractivity contribution in [1.82, 2.24) is 4.90 Å². The van der Waals surface area contributed by atoms with Crippen LogP contribution in [0.4, 0.5) is 0 Å². The number of aliphatic hydroxyl groups is 1. The molecule has 31 heavy (non-hydrogen) atoms. The van der Waals surface area contributed by atoms with Gasteiger partial charge in [0.05, 0.1) is 5.60 Å². The first-order chi connectivity index (χ1) is 14.8. The highest BCUT2D eigenvalue weighted by atomic mass is 16.3. The molecular weight excluding hydrogens is 382 g/mol.